The summed E-state index contributed by atoms with van der Waals surface area (Å²) in [6, 6.07) is 3.11. The molecule has 4 N–H and O–H groups in total. The van der Waals surface area contributed by atoms with Crippen LogP contribution in [0.1, 0.15) is 13.3 Å². The van der Waals surface area contributed by atoms with Gasteiger partial charge in [0, 0.05) is 12.6 Å². The van der Waals surface area contributed by atoms with Crippen molar-refractivity contribution < 1.29 is 8.78 Å². The highest BCUT2D eigenvalue weighted by Crippen LogP contribution is 2.27. The van der Waals surface area contributed by atoms with E-state index < -0.39 is 11.6 Å². The molecule has 0 fully saturated rings. The van der Waals surface area contributed by atoms with E-state index in [2.05, 4.69) is 20.6 Å². The zero-order valence-electron chi connectivity index (χ0n) is 11.0. The molecule has 7 heteroatoms. The molecular formula is C13H15F2N5. The van der Waals surface area contributed by atoms with E-state index in [1.54, 1.807) is 0 Å². The van der Waals surface area contributed by atoms with E-state index in [0.29, 0.717) is 12.4 Å². The van der Waals surface area contributed by atoms with Crippen molar-refractivity contribution in [1.82, 2.24) is 9.97 Å². The van der Waals surface area contributed by atoms with Crippen molar-refractivity contribution in [1.29, 1.82) is 0 Å². The molecule has 20 heavy (non-hydrogen) atoms. The van der Waals surface area contributed by atoms with Crippen molar-refractivity contribution in [3.63, 3.8) is 0 Å². The number of nitrogens with zero attached hydrogens (tertiary/aromatic N) is 2. The maximum atomic E-state index is 13.6. The largest absolute Gasteiger partial charge is 0.393 e. The highest BCUT2D eigenvalue weighted by atomic mass is 19.1. The molecule has 1 heterocycles. The molecule has 0 aliphatic rings. The molecule has 0 aliphatic carbocycles. The molecule has 0 amide bonds. The Morgan fingerprint density at radius 1 is 1.20 bits per heavy atom. The Morgan fingerprint density at radius 2 is 1.95 bits per heavy atom. The second kappa shape index (κ2) is 6.14. The molecule has 1 aromatic heterocycles. The number of rotatable bonds is 5. The minimum Gasteiger partial charge on any atom is -0.393 e. The van der Waals surface area contributed by atoms with Crippen molar-refractivity contribution in [2.24, 2.45) is 0 Å². The van der Waals surface area contributed by atoms with Crippen LogP contribution < -0.4 is 16.4 Å². The molecule has 0 unspecified atom stereocenters. The fourth-order valence-corrected chi connectivity index (χ4v) is 1.60. The number of benzene rings is 1. The van der Waals surface area contributed by atoms with Gasteiger partial charge in [0.15, 0.2) is 11.6 Å². The lowest BCUT2D eigenvalue weighted by Crippen LogP contribution is -2.09. The fraction of sp³-hybridized carbons (Fsp3) is 0.231. The lowest BCUT2D eigenvalue weighted by atomic mass is 10.3. The van der Waals surface area contributed by atoms with Crippen molar-refractivity contribution in [3.05, 3.63) is 36.2 Å². The van der Waals surface area contributed by atoms with Gasteiger partial charge in [0.25, 0.3) is 0 Å². The van der Waals surface area contributed by atoms with Gasteiger partial charge < -0.3 is 16.4 Å². The van der Waals surface area contributed by atoms with Gasteiger partial charge in [-0.1, -0.05) is 6.92 Å². The first-order valence-electron chi connectivity index (χ1n) is 6.18. The van der Waals surface area contributed by atoms with Gasteiger partial charge in [0.2, 0.25) is 0 Å². The van der Waals surface area contributed by atoms with E-state index in [-0.39, 0.29) is 17.2 Å². The Hall–Kier alpha value is -2.44. The molecule has 0 atom stereocenters. The number of hydrogen-bond donors (Lipinski definition) is 3. The number of aromatic nitrogens is 2. The van der Waals surface area contributed by atoms with Gasteiger partial charge in [0.05, 0.1) is 5.69 Å². The smallest absolute Gasteiger partial charge is 0.159 e. The Morgan fingerprint density at radius 3 is 2.70 bits per heavy atom. The van der Waals surface area contributed by atoms with Crippen molar-refractivity contribution >= 4 is 23.0 Å². The number of anilines is 4. The summed E-state index contributed by atoms with van der Waals surface area (Å²) >= 11 is 0. The van der Waals surface area contributed by atoms with Crippen LogP contribution in [-0.2, 0) is 0 Å². The SMILES string of the molecule is CCCNc1ncnc(Nc2cc(F)ccc2F)c1N. The topological polar surface area (TPSA) is 75.9 Å². The summed E-state index contributed by atoms with van der Waals surface area (Å²) in [7, 11) is 0. The highest BCUT2D eigenvalue weighted by Gasteiger charge is 2.10. The third-order valence-corrected chi connectivity index (χ3v) is 2.61. The zero-order chi connectivity index (χ0) is 14.5. The minimum absolute atomic E-state index is 0.0307. The van der Waals surface area contributed by atoms with Crippen molar-refractivity contribution in [2.45, 2.75) is 13.3 Å². The monoisotopic (exact) mass is 279 g/mol. The maximum Gasteiger partial charge on any atom is 0.159 e. The molecule has 0 spiro atoms. The van der Waals surface area contributed by atoms with Crippen molar-refractivity contribution in [3.8, 4) is 0 Å². The van der Waals surface area contributed by atoms with Crippen LogP contribution in [0, 0.1) is 11.6 Å². The summed E-state index contributed by atoms with van der Waals surface area (Å²) in [6.07, 6.45) is 2.21. The molecule has 0 radical (unpaired) electrons. The predicted molar refractivity (Wildman–Crippen MR) is 74.9 cm³/mol. The summed E-state index contributed by atoms with van der Waals surface area (Å²) in [5, 5.41) is 5.70. The second-order valence-electron chi connectivity index (χ2n) is 4.16. The molecule has 2 aromatic rings. The van der Waals surface area contributed by atoms with E-state index in [9.17, 15) is 8.78 Å². The summed E-state index contributed by atoms with van der Waals surface area (Å²) in [6.45, 7) is 2.71. The molecule has 0 bridgehead atoms. The fourth-order valence-electron chi connectivity index (χ4n) is 1.60. The first kappa shape index (κ1) is 14.0. The second-order valence-corrected chi connectivity index (χ2v) is 4.16. The number of hydrogen-bond acceptors (Lipinski definition) is 5. The Kier molecular flexibility index (Phi) is 4.29. The molecule has 0 saturated carbocycles. The van der Waals surface area contributed by atoms with Gasteiger partial charge in [-0.3, -0.25) is 0 Å². The minimum atomic E-state index is -0.590. The number of nitrogen functional groups attached to an aromatic ring is 1. The van der Waals surface area contributed by atoms with E-state index in [0.717, 1.165) is 24.6 Å². The van der Waals surface area contributed by atoms with Gasteiger partial charge >= 0.3 is 0 Å². The standard InChI is InChI=1S/C13H15F2N5/c1-2-5-17-12-11(16)13(19-7-18-12)20-10-6-8(14)3-4-9(10)15/h3-4,6-7H,2,5,16H2,1H3,(H2,17,18,19,20). The molecule has 0 saturated heterocycles. The number of nitrogens with one attached hydrogen (secondary N) is 2. The van der Waals surface area contributed by atoms with Crippen LogP contribution in [0.15, 0.2) is 24.5 Å². The molecular weight excluding hydrogens is 264 g/mol. The summed E-state index contributed by atoms with van der Waals surface area (Å²) in [5.74, 6) is -0.456. The van der Waals surface area contributed by atoms with Crippen LogP contribution in [0.2, 0.25) is 0 Å². The average Bonchev–Trinajstić information content (AvgIpc) is 2.44. The quantitative estimate of drug-likeness (QED) is 0.784. The molecule has 0 aliphatic heterocycles. The Balaban J connectivity index is 2.27. The van der Waals surface area contributed by atoms with Gasteiger partial charge in [-0.2, -0.15) is 0 Å². The normalized spacial score (nSPS) is 10.3. The van der Waals surface area contributed by atoms with Crippen LogP contribution in [0.4, 0.5) is 31.8 Å². The number of nitrogens with two attached hydrogens (primary N) is 1. The van der Waals surface area contributed by atoms with Crippen LogP contribution in [0.3, 0.4) is 0 Å². The first-order valence-corrected chi connectivity index (χ1v) is 6.18. The highest BCUT2D eigenvalue weighted by molar-refractivity contribution is 5.77. The Bertz CT molecular complexity index is 603. The predicted octanol–water partition coefficient (Wildman–Crippen LogP) is 2.90. The van der Waals surface area contributed by atoms with Crippen molar-refractivity contribution in [2.75, 3.05) is 22.9 Å². The van der Waals surface area contributed by atoms with E-state index in [4.69, 9.17) is 5.73 Å². The van der Waals surface area contributed by atoms with Crippen LogP contribution in [-0.4, -0.2) is 16.5 Å². The van der Waals surface area contributed by atoms with Crippen LogP contribution in [0.25, 0.3) is 0 Å². The van der Waals surface area contributed by atoms with Crippen LogP contribution in [0.5, 0.6) is 0 Å². The zero-order valence-corrected chi connectivity index (χ0v) is 11.0. The summed E-state index contributed by atoms with van der Waals surface area (Å²) in [5.41, 5.74) is 6.12. The average molecular weight is 279 g/mol. The molecule has 5 nitrogen and oxygen atoms in total. The van der Waals surface area contributed by atoms with E-state index in [1.165, 1.54) is 6.33 Å². The van der Waals surface area contributed by atoms with E-state index in [1.807, 2.05) is 6.92 Å². The summed E-state index contributed by atoms with van der Waals surface area (Å²) in [4.78, 5) is 7.94. The molecule has 106 valence electrons. The number of halogens is 2. The first-order chi connectivity index (χ1) is 9.61. The van der Waals surface area contributed by atoms with Gasteiger partial charge in [0.1, 0.15) is 23.6 Å². The Labute approximate surface area is 115 Å². The summed E-state index contributed by atoms with van der Waals surface area (Å²) < 4.78 is 26.7. The van der Waals surface area contributed by atoms with Gasteiger partial charge in [-0.15, -0.1) is 0 Å². The third kappa shape index (κ3) is 3.11. The molecule has 2 rings (SSSR count). The van der Waals surface area contributed by atoms with Crippen LogP contribution >= 0.6 is 0 Å². The lowest BCUT2D eigenvalue weighted by molar-refractivity contribution is 0.603. The lowest BCUT2D eigenvalue weighted by Gasteiger charge is -2.12. The van der Waals surface area contributed by atoms with Gasteiger partial charge in [-0.25, -0.2) is 18.7 Å². The third-order valence-electron chi connectivity index (χ3n) is 2.61. The van der Waals surface area contributed by atoms with Gasteiger partial charge in [-0.05, 0) is 18.6 Å². The van der Waals surface area contributed by atoms with E-state index >= 15 is 0 Å². The molecule has 1 aromatic carbocycles. The maximum absolute atomic E-state index is 13.6.